The van der Waals surface area contributed by atoms with Crippen LogP contribution in [0.3, 0.4) is 0 Å². The van der Waals surface area contributed by atoms with E-state index in [1.807, 2.05) is 18.2 Å². The Morgan fingerprint density at radius 2 is 1.87 bits per heavy atom. The molecule has 0 aliphatic rings. The molecule has 0 aliphatic carbocycles. The Hall–Kier alpha value is -0.200. The Morgan fingerprint density at radius 3 is 2.33 bits per heavy atom. The maximum absolute atomic E-state index is 6.20. The van der Waals surface area contributed by atoms with Gasteiger partial charge in [-0.25, -0.2) is 0 Å². The molecule has 0 aromatic heterocycles. The molecule has 0 heterocycles. The van der Waals surface area contributed by atoms with Crippen LogP contribution in [0.1, 0.15) is 26.3 Å². The van der Waals surface area contributed by atoms with Gasteiger partial charge in [0.05, 0.1) is 0 Å². The third kappa shape index (κ3) is 4.04. The van der Waals surface area contributed by atoms with Crippen molar-refractivity contribution in [3.05, 3.63) is 34.9 Å². The van der Waals surface area contributed by atoms with E-state index in [-0.39, 0.29) is 5.38 Å². The molecule has 0 fully saturated rings. The van der Waals surface area contributed by atoms with Gasteiger partial charge in [0.1, 0.15) is 0 Å². The van der Waals surface area contributed by atoms with Crippen LogP contribution in [0.5, 0.6) is 0 Å². The van der Waals surface area contributed by atoms with E-state index in [9.17, 15) is 0 Å². The largest absolute Gasteiger partial charge is 0.123 e. The summed E-state index contributed by atoms with van der Waals surface area (Å²) in [5.41, 5.74) is 1.27. The Balaban J connectivity index is 2.74. The fraction of sp³-hybridized carbons (Fsp3) is 0.538. The highest BCUT2D eigenvalue weighted by Crippen LogP contribution is 2.25. The fourth-order valence-corrected chi connectivity index (χ4v) is 2.46. The van der Waals surface area contributed by atoms with E-state index >= 15 is 0 Å². The van der Waals surface area contributed by atoms with Crippen molar-refractivity contribution in [3.8, 4) is 0 Å². The highest BCUT2D eigenvalue weighted by atomic mass is 35.5. The van der Waals surface area contributed by atoms with Gasteiger partial charge in [0.25, 0.3) is 0 Å². The van der Waals surface area contributed by atoms with E-state index in [0.717, 1.165) is 11.4 Å². The first-order chi connectivity index (χ1) is 7.00. The van der Waals surface area contributed by atoms with Crippen LogP contribution in [0.15, 0.2) is 24.3 Å². The van der Waals surface area contributed by atoms with Crippen molar-refractivity contribution in [2.24, 2.45) is 11.8 Å². The molecule has 1 aromatic rings. The van der Waals surface area contributed by atoms with Crippen LogP contribution in [0, 0.1) is 11.8 Å². The molecule has 1 aromatic carbocycles. The number of rotatable bonds is 4. The van der Waals surface area contributed by atoms with Crippen molar-refractivity contribution in [1.82, 2.24) is 0 Å². The van der Waals surface area contributed by atoms with Crippen LogP contribution in [0.2, 0.25) is 5.02 Å². The van der Waals surface area contributed by atoms with E-state index in [4.69, 9.17) is 23.2 Å². The van der Waals surface area contributed by atoms with Gasteiger partial charge in [-0.3, -0.25) is 0 Å². The van der Waals surface area contributed by atoms with Crippen molar-refractivity contribution in [3.63, 3.8) is 0 Å². The van der Waals surface area contributed by atoms with E-state index in [2.05, 4.69) is 26.8 Å². The molecule has 0 nitrogen and oxygen atoms in total. The van der Waals surface area contributed by atoms with E-state index in [1.165, 1.54) is 5.56 Å². The molecule has 0 saturated heterocycles. The summed E-state index contributed by atoms with van der Waals surface area (Å²) in [5.74, 6) is 1.10. The standard InChI is InChI=1S/C13H18Cl2/c1-9(2)13(10(3)14)8-11-5-4-6-12(15)7-11/h4-7,9-10,13H,8H2,1-3H3. The highest BCUT2D eigenvalue weighted by molar-refractivity contribution is 6.30. The highest BCUT2D eigenvalue weighted by Gasteiger charge is 2.19. The molecule has 0 radical (unpaired) electrons. The average molecular weight is 245 g/mol. The minimum Gasteiger partial charge on any atom is -0.123 e. The second-order valence-corrected chi connectivity index (χ2v) is 5.54. The lowest BCUT2D eigenvalue weighted by Crippen LogP contribution is -2.20. The molecule has 0 aliphatic heterocycles. The van der Waals surface area contributed by atoms with Crippen molar-refractivity contribution >= 4 is 23.2 Å². The molecular formula is C13H18Cl2. The predicted octanol–water partition coefficient (Wildman–Crippen LogP) is 4.78. The van der Waals surface area contributed by atoms with Gasteiger partial charge >= 0.3 is 0 Å². The second-order valence-electron chi connectivity index (χ2n) is 4.42. The Labute approximate surface area is 103 Å². The molecule has 0 amide bonds. The van der Waals surface area contributed by atoms with Crippen molar-refractivity contribution < 1.29 is 0 Å². The molecule has 0 spiro atoms. The van der Waals surface area contributed by atoms with Crippen LogP contribution in [-0.4, -0.2) is 5.38 Å². The fourth-order valence-electron chi connectivity index (χ4n) is 1.86. The van der Waals surface area contributed by atoms with Gasteiger partial charge in [-0.05, 0) is 42.9 Å². The summed E-state index contributed by atoms with van der Waals surface area (Å²) in [6.45, 7) is 6.50. The molecule has 1 rings (SSSR count). The zero-order valence-electron chi connectivity index (χ0n) is 9.50. The van der Waals surface area contributed by atoms with Gasteiger partial charge in [0.2, 0.25) is 0 Å². The zero-order valence-corrected chi connectivity index (χ0v) is 11.0. The van der Waals surface area contributed by atoms with Gasteiger partial charge in [-0.15, -0.1) is 11.6 Å². The van der Waals surface area contributed by atoms with Gasteiger partial charge < -0.3 is 0 Å². The first-order valence-corrected chi connectivity index (χ1v) is 6.20. The predicted molar refractivity (Wildman–Crippen MR) is 68.8 cm³/mol. The molecule has 84 valence electrons. The number of hydrogen-bond donors (Lipinski definition) is 0. The SMILES string of the molecule is CC(C)C(Cc1cccc(Cl)c1)C(C)Cl. The van der Waals surface area contributed by atoms with Crippen LogP contribution in [0.25, 0.3) is 0 Å². The van der Waals surface area contributed by atoms with Crippen molar-refractivity contribution in [2.75, 3.05) is 0 Å². The Kier molecular flexibility index (Phi) is 4.95. The number of halogens is 2. The first-order valence-electron chi connectivity index (χ1n) is 5.39. The summed E-state index contributed by atoms with van der Waals surface area (Å²) in [6.07, 6.45) is 1.00. The molecule has 2 atom stereocenters. The smallest absolute Gasteiger partial charge is 0.0408 e. The molecule has 2 heteroatoms. The van der Waals surface area contributed by atoms with Crippen LogP contribution in [-0.2, 0) is 6.42 Å². The lowest BCUT2D eigenvalue weighted by molar-refractivity contribution is 0.376. The summed E-state index contributed by atoms with van der Waals surface area (Å²) in [7, 11) is 0. The maximum Gasteiger partial charge on any atom is 0.0408 e. The maximum atomic E-state index is 6.20. The van der Waals surface area contributed by atoms with Gasteiger partial charge in [-0.2, -0.15) is 0 Å². The number of benzene rings is 1. The molecule has 0 bridgehead atoms. The monoisotopic (exact) mass is 244 g/mol. The molecule has 0 saturated carbocycles. The van der Waals surface area contributed by atoms with E-state index in [1.54, 1.807) is 0 Å². The zero-order chi connectivity index (χ0) is 11.4. The van der Waals surface area contributed by atoms with Gasteiger partial charge in [0.15, 0.2) is 0 Å². The average Bonchev–Trinajstić information content (AvgIpc) is 2.13. The minimum atomic E-state index is 0.198. The van der Waals surface area contributed by atoms with Crippen LogP contribution >= 0.6 is 23.2 Å². The molecule has 15 heavy (non-hydrogen) atoms. The quantitative estimate of drug-likeness (QED) is 0.669. The topological polar surface area (TPSA) is 0 Å². The van der Waals surface area contributed by atoms with E-state index < -0.39 is 0 Å². The lowest BCUT2D eigenvalue weighted by Gasteiger charge is -2.23. The summed E-state index contributed by atoms with van der Waals surface area (Å²) in [6, 6.07) is 8.03. The number of alkyl halides is 1. The first kappa shape index (κ1) is 12.9. The summed E-state index contributed by atoms with van der Waals surface area (Å²) in [5, 5.41) is 1.00. The van der Waals surface area contributed by atoms with Crippen LogP contribution < -0.4 is 0 Å². The summed E-state index contributed by atoms with van der Waals surface area (Å²) in [4.78, 5) is 0. The van der Waals surface area contributed by atoms with E-state index in [0.29, 0.717) is 11.8 Å². The van der Waals surface area contributed by atoms with Crippen molar-refractivity contribution in [1.29, 1.82) is 0 Å². The summed E-state index contributed by atoms with van der Waals surface area (Å²) < 4.78 is 0. The molecule has 2 unspecified atom stereocenters. The minimum absolute atomic E-state index is 0.198. The lowest BCUT2D eigenvalue weighted by atomic mass is 9.87. The second kappa shape index (κ2) is 5.77. The van der Waals surface area contributed by atoms with Crippen molar-refractivity contribution in [2.45, 2.75) is 32.6 Å². The Bertz CT molecular complexity index is 297. The summed E-state index contributed by atoms with van der Waals surface area (Å²) >= 11 is 12.1. The normalized spacial score (nSPS) is 15.3. The number of hydrogen-bond acceptors (Lipinski definition) is 0. The molecule has 0 N–H and O–H groups in total. The molecular weight excluding hydrogens is 227 g/mol. The third-order valence-corrected chi connectivity index (χ3v) is 3.37. The van der Waals surface area contributed by atoms with Gasteiger partial charge in [-0.1, -0.05) is 37.6 Å². The van der Waals surface area contributed by atoms with Gasteiger partial charge in [0, 0.05) is 10.4 Å². The Morgan fingerprint density at radius 1 is 1.20 bits per heavy atom. The third-order valence-electron chi connectivity index (χ3n) is 2.81. The van der Waals surface area contributed by atoms with Crippen LogP contribution in [0.4, 0.5) is 0 Å².